The largest absolute Gasteiger partial charge is 0.339 e. The van der Waals surface area contributed by atoms with Crippen molar-refractivity contribution < 1.29 is 12.9 Å². The van der Waals surface area contributed by atoms with Crippen molar-refractivity contribution in [3.05, 3.63) is 67.1 Å². The fourth-order valence-corrected chi connectivity index (χ4v) is 3.18. The van der Waals surface area contributed by atoms with Crippen LogP contribution in [0.2, 0.25) is 0 Å². The third kappa shape index (κ3) is 3.74. The fourth-order valence-electron chi connectivity index (χ4n) is 2.55. The SMILES string of the molecule is CS(=O)(=O)c1ccc(Nc2ncncc2-c2nc(-c3ccccc3)no2)cc1. The quantitative estimate of drug-likeness (QED) is 0.549. The number of hydrogen-bond acceptors (Lipinski definition) is 8. The molecule has 0 saturated heterocycles. The van der Waals surface area contributed by atoms with Crippen LogP contribution in [0.5, 0.6) is 0 Å². The summed E-state index contributed by atoms with van der Waals surface area (Å²) in [5.74, 6) is 1.20. The number of hydrogen-bond donors (Lipinski definition) is 1. The highest BCUT2D eigenvalue weighted by Gasteiger charge is 2.16. The van der Waals surface area contributed by atoms with Crippen LogP contribution in [0.15, 0.2) is 76.5 Å². The van der Waals surface area contributed by atoms with E-state index in [2.05, 4.69) is 25.4 Å². The van der Waals surface area contributed by atoms with Gasteiger partial charge in [0.25, 0.3) is 5.89 Å². The van der Waals surface area contributed by atoms with Gasteiger partial charge < -0.3 is 9.84 Å². The zero-order valence-electron chi connectivity index (χ0n) is 14.8. The lowest BCUT2D eigenvalue weighted by molar-refractivity contribution is 0.432. The van der Waals surface area contributed by atoms with Crippen molar-refractivity contribution >= 4 is 21.3 Å². The van der Waals surface area contributed by atoms with Gasteiger partial charge in [0.1, 0.15) is 17.7 Å². The summed E-state index contributed by atoms with van der Waals surface area (Å²) in [6, 6.07) is 15.8. The highest BCUT2D eigenvalue weighted by molar-refractivity contribution is 7.90. The van der Waals surface area contributed by atoms with Crippen molar-refractivity contribution in [1.29, 1.82) is 0 Å². The second kappa shape index (κ2) is 7.20. The Hall–Kier alpha value is -3.59. The van der Waals surface area contributed by atoms with Gasteiger partial charge in [-0.05, 0) is 24.3 Å². The van der Waals surface area contributed by atoms with E-state index in [0.717, 1.165) is 11.8 Å². The minimum Gasteiger partial charge on any atom is -0.339 e. The van der Waals surface area contributed by atoms with Crippen LogP contribution in [0.4, 0.5) is 11.5 Å². The molecule has 2 aromatic heterocycles. The molecule has 4 aromatic rings. The van der Waals surface area contributed by atoms with Gasteiger partial charge >= 0.3 is 0 Å². The fraction of sp³-hybridized carbons (Fsp3) is 0.0526. The molecule has 0 unspecified atom stereocenters. The summed E-state index contributed by atoms with van der Waals surface area (Å²) in [7, 11) is -3.25. The molecule has 140 valence electrons. The van der Waals surface area contributed by atoms with Crippen LogP contribution >= 0.6 is 0 Å². The summed E-state index contributed by atoms with van der Waals surface area (Å²) in [5.41, 5.74) is 2.03. The van der Waals surface area contributed by atoms with E-state index in [1.807, 2.05) is 30.3 Å². The monoisotopic (exact) mass is 393 g/mol. The van der Waals surface area contributed by atoms with E-state index in [9.17, 15) is 8.42 Å². The molecule has 9 heteroatoms. The van der Waals surface area contributed by atoms with Gasteiger partial charge in [-0.15, -0.1) is 0 Å². The number of nitrogens with one attached hydrogen (secondary N) is 1. The first-order valence-corrected chi connectivity index (χ1v) is 10.2. The number of rotatable bonds is 5. The average Bonchev–Trinajstić information content (AvgIpc) is 3.19. The number of anilines is 2. The normalized spacial score (nSPS) is 11.3. The summed E-state index contributed by atoms with van der Waals surface area (Å²) in [4.78, 5) is 12.9. The van der Waals surface area contributed by atoms with Gasteiger partial charge in [-0.3, -0.25) is 0 Å². The molecule has 0 aliphatic rings. The molecule has 0 spiro atoms. The lowest BCUT2D eigenvalue weighted by Crippen LogP contribution is -1.99. The van der Waals surface area contributed by atoms with Crippen molar-refractivity contribution in [2.24, 2.45) is 0 Å². The second-order valence-corrected chi connectivity index (χ2v) is 8.01. The molecule has 0 aliphatic carbocycles. The number of benzene rings is 2. The van der Waals surface area contributed by atoms with Crippen LogP contribution in [0.1, 0.15) is 0 Å². The van der Waals surface area contributed by atoms with Crippen LogP contribution in [-0.4, -0.2) is 34.8 Å². The maximum absolute atomic E-state index is 11.6. The molecule has 28 heavy (non-hydrogen) atoms. The Morgan fingerprint density at radius 2 is 1.75 bits per heavy atom. The minimum atomic E-state index is -3.25. The van der Waals surface area contributed by atoms with Crippen molar-refractivity contribution in [3.8, 4) is 22.8 Å². The van der Waals surface area contributed by atoms with Crippen LogP contribution in [0.25, 0.3) is 22.8 Å². The second-order valence-electron chi connectivity index (χ2n) is 6.00. The summed E-state index contributed by atoms with van der Waals surface area (Å²) < 4.78 is 28.6. The van der Waals surface area contributed by atoms with Gasteiger partial charge in [0.15, 0.2) is 9.84 Å². The van der Waals surface area contributed by atoms with E-state index >= 15 is 0 Å². The Morgan fingerprint density at radius 1 is 1.00 bits per heavy atom. The summed E-state index contributed by atoms with van der Waals surface area (Å²) in [6.45, 7) is 0. The first-order valence-electron chi connectivity index (χ1n) is 8.27. The van der Waals surface area contributed by atoms with E-state index < -0.39 is 9.84 Å². The summed E-state index contributed by atoms with van der Waals surface area (Å²) in [5, 5.41) is 7.14. The third-order valence-electron chi connectivity index (χ3n) is 3.95. The lowest BCUT2D eigenvalue weighted by Gasteiger charge is -2.08. The molecule has 8 nitrogen and oxygen atoms in total. The van der Waals surface area contributed by atoms with Crippen LogP contribution < -0.4 is 5.32 Å². The molecule has 0 amide bonds. The smallest absolute Gasteiger partial charge is 0.263 e. The van der Waals surface area contributed by atoms with E-state index in [1.165, 1.54) is 18.5 Å². The van der Waals surface area contributed by atoms with Crippen molar-refractivity contribution in [2.45, 2.75) is 4.90 Å². The highest BCUT2D eigenvalue weighted by Crippen LogP contribution is 2.28. The van der Waals surface area contributed by atoms with E-state index in [1.54, 1.807) is 18.3 Å². The van der Waals surface area contributed by atoms with Gasteiger partial charge in [-0.2, -0.15) is 4.98 Å². The lowest BCUT2D eigenvalue weighted by atomic mass is 10.2. The average molecular weight is 393 g/mol. The Bertz CT molecular complexity index is 1210. The van der Waals surface area contributed by atoms with Gasteiger partial charge in [-0.25, -0.2) is 18.4 Å². The minimum absolute atomic E-state index is 0.241. The number of sulfone groups is 1. The zero-order valence-corrected chi connectivity index (χ0v) is 15.6. The van der Waals surface area contributed by atoms with Gasteiger partial charge in [-0.1, -0.05) is 35.5 Å². The van der Waals surface area contributed by atoms with Crippen LogP contribution in [-0.2, 0) is 9.84 Å². The van der Waals surface area contributed by atoms with E-state index in [-0.39, 0.29) is 10.8 Å². The molecule has 0 aliphatic heterocycles. The standard InChI is InChI=1S/C19H15N5O3S/c1-28(25,26)15-9-7-14(8-10-15)22-18-16(11-20-12-21-18)19-23-17(24-27-19)13-5-3-2-4-6-13/h2-12H,1H3,(H,20,21,22). The number of aromatic nitrogens is 4. The third-order valence-corrected chi connectivity index (χ3v) is 5.07. The first kappa shape index (κ1) is 17.8. The van der Waals surface area contributed by atoms with E-state index in [4.69, 9.17) is 4.52 Å². The van der Waals surface area contributed by atoms with E-state index in [0.29, 0.717) is 22.9 Å². The Balaban J connectivity index is 1.64. The Labute approximate surface area is 161 Å². The molecule has 0 radical (unpaired) electrons. The summed E-state index contributed by atoms with van der Waals surface area (Å²) in [6.07, 6.45) is 4.13. The maximum atomic E-state index is 11.6. The highest BCUT2D eigenvalue weighted by atomic mass is 32.2. The zero-order chi connectivity index (χ0) is 19.6. The van der Waals surface area contributed by atoms with Gasteiger partial charge in [0, 0.05) is 23.7 Å². The Morgan fingerprint density at radius 3 is 2.46 bits per heavy atom. The molecule has 0 atom stereocenters. The first-order chi connectivity index (χ1) is 13.5. The molecular weight excluding hydrogens is 378 g/mol. The molecule has 0 fully saturated rings. The van der Waals surface area contributed by atoms with Gasteiger partial charge in [0.2, 0.25) is 5.82 Å². The summed E-state index contributed by atoms with van der Waals surface area (Å²) >= 11 is 0. The van der Waals surface area contributed by atoms with Crippen molar-refractivity contribution in [3.63, 3.8) is 0 Å². The van der Waals surface area contributed by atoms with Crippen LogP contribution in [0.3, 0.4) is 0 Å². The molecule has 1 N–H and O–H groups in total. The predicted molar refractivity (Wildman–Crippen MR) is 104 cm³/mol. The van der Waals surface area contributed by atoms with Crippen molar-refractivity contribution in [1.82, 2.24) is 20.1 Å². The van der Waals surface area contributed by atoms with Crippen molar-refractivity contribution in [2.75, 3.05) is 11.6 Å². The molecule has 2 aromatic carbocycles. The molecule has 0 bridgehead atoms. The molecule has 4 rings (SSSR count). The predicted octanol–water partition coefficient (Wildman–Crippen LogP) is 3.34. The topological polar surface area (TPSA) is 111 Å². The van der Waals surface area contributed by atoms with Crippen LogP contribution in [0, 0.1) is 0 Å². The maximum Gasteiger partial charge on any atom is 0.263 e. The molecular formula is C19H15N5O3S. The number of nitrogens with zero attached hydrogens (tertiary/aromatic N) is 4. The molecule has 0 saturated carbocycles. The Kier molecular flexibility index (Phi) is 4.58. The molecule has 2 heterocycles. The van der Waals surface area contributed by atoms with Gasteiger partial charge in [0.05, 0.1) is 4.90 Å².